The van der Waals surface area contributed by atoms with Crippen molar-refractivity contribution in [2.45, 2.75) is 91.5 Å². The highest BCUT2D eigenvalue weighted by atomic mass is 16.6. The highest BCUT2D eigenvalue weighted by molar-refractivity contribution is 5.90. The fourth-order valence-electron chi connectivity index (χ4n) is 4.27. The number of carbonyl (C=O) groups is 5. The van der Waals surface area contributed by atoms with Gasteiger partial charge in [0.15, 0.2) is 0 Å². The number of hydrogen-bond donors (Lipinski definition) is 3. The van der Waals surface area contributed by atoms with Crippen LogP contribution in [0.1, 0.15) is 67.7 Å². The van der Waals surface area contributed by atoms with Crippen molar-refractivity contribution in [3.8, 4) is 0 Å². The van der Waals surface area contributed by atoms with Gasteiger partial charge in [0, 0.05) is 41.2 Å². The Bertz CT molecular complexity index is 828. The first-order valence-corrected chi connectivity index (χ1v) is 13.5. The lowest BCUT2D eigenvalue weighted by Crippen LogP contribution is -2.55. The predicted octanol–water partition coefficient (Wildman–Crippen LogP) is 1.52. The highest BCUT2D eigenvalue weighted by Gasteiger charge is 2.35. The molecule has 0 spiro atoms. The molecule has 0 radical (unpaired) electrons. The maximum absolute atomic E-state index is 13.1. The number of hydrogen-bond acceptors (Lipinski definition) is 7. The van der Waals surface area contributed by atoms with Crippen molar-refractivity contribution in [1.29, 1.82) is 0 Å². The number of nitrogens with zero attached hydrogens (tertiary/aromatic N) is 2. The molecule has 0 aromatic heterocycles. The summed E-state index contributed by atoms with van der Waals surface area (Å²) in [6.45, 7) is 12.6. The molecule has 0 fully saturated rings. The molecule has 3 N–H and O–H groups in total. The molecule has 3 unspecified atom stereocenters. The second kappa shape index (κ2) is 16.9. The van der Waals surface area contributed by atoms with Crippen LogP contribution in [0, 0.1) is 11.8 Å². The minimum atomic E-state index is -0.817. The summed E-state index contributed by atoms with van der Waals surface area (Å²) in [5.41, 5.74) is -0.652. The van der Waals surface area contributed by atoms with E-state index in [1.165, 1.54) is 24.0 Å². The van der Waals surface area contributed by atoms with Crippen molar-refractivity contribution in [2.24, 2.45) is 11.8 Å². The van der Waals surface area contributed by atoms with Crippen molar-refractivity contribution in [3.05, 3.63) is 0 Å². The predicted molar refractivity (Wildman–Crippen MR) is 149 cm³/mol. The van der Waals surface area contributed by atoms with Crippen LogP contribution in [0.5, 0.6) is 0 Å². The molecule has 0 aliphatic heterocycles. The first kappa shape index (κ1) is 36.1. The van der Waals surface area contributed by atoms with Crippen molar-refractivity contribution >= 4 is 29.7 Å². The lowest BCUT2D eigenvalue weighted by atomic mass is 9.91. The van der Waals surface area contributed by atoms with E-state index < -0.39 is 29.7 Å². The van der Waals surface area contributed by atoms with E-state index in [1.807, 2.05) is 27.7 Å². The Balaban J connectivity index is 5.27. The Kier molecular flexibility index (Phi) is 15.7. The maximum atomic E-state index is 13.1. The van der Waals surface area contributed by atoms with Crippen molar-refractivity contribution in [1.82, 2.24) is 25.8 Å². The second-order valence-corrected chi connectivity index (χ2v) is 11.1. The fourth-order valence-corrected chi connectivity index (χ4v) is 4.27. The number of rotatable bonds is 15. The minimum Gasteiger partial charge on any atom is -0.444 e. The zero-order valence-electron chi connectivity index (χ0n) is 25.7. The molecule has 39 heavy (non-hydrogen) atoms. The second-order valence-electron chi connectivity index (χ2n) is 11.1. The average Bonchev–Trinajstić information content (AvgIpc) is 2.84. The third kappa shape index (κ3) is 12.7. The van der Waals surface area contributed by atoms with Crippen LogP contribution in [-0.2, 0) is 28.7 Å². The van der Waals surface area contributed by atoms with Gasteiger partial charge in [-0.1, -0.05) is 34.1 Å². The number of alkyl carbamates (subject to hydrolysis) is 1. The molecule has 12 nitrogen and oxygen atoms in total. The molecule has 0 heterocycles. The van der Waals surface area contributed by atoms with E-state index in [0.29, 0.717) is 0 Å². The SMILES string of the molecule is CC[C@H](C)C(C(CC(=O)NC)OC)N(C)C(=O)CNC(=O)C(C(C)C)N(C)C(=O)CCNC(=O)OC(C)(C)C. The van der Waals surface area contributed by atoms with Gasteiger partial charge in [0.05, 0.1) is 25.1 Å². The number of nitrogens with one attached hydrogen (secondary N) is 3. The van der Waals surface area contributed by atoms with Crippen LogP contribution in [-0.4, -0.2) is 105 Å². The van der Waals surface area contributed by atoms with Crippen LogP contribution >= 0.6 is 0 Å². The maximum Gasteiger partial charge on any atom is 0.407 e. The van der Waals surface area contributed by atoms with Crippen molar-refractivity contribution in [2.75, 3.05) is 41.3 Å². The first-order valence-electron chi connectivity index (χ1n) is 13.5. The zero-order valence-corrected chi connectivity index (χ0v) is 25.7. The molecule has 4 atom stereocenters. The molecule has 12 heteroatoms. The van der Waals surface area contributed by atoms with Gasteiger partial charge in [-0.15, -0.1) is 0 Å². The summed E-state index contributed by atoms with van der Waals surface area (Å²) in [5.74, 6) is -1.54. The molecule has 0 aromatic rings. The molecule has 0 saturated carbocycles. The smallest absolute Gasteiger partial charge is 0.407 e. The number of ether oxygens (including phenoxy) is 2. The average molecular weight is 558 g/mol. The molecule has 0 aromatic carbocycles. The summed E-state index contributed by atoms with van der Waals surface area (Å²) in [6.07, 6.45) is -0.315. The topological polar surface area (TPSA) is 146 Å². The molecule has 226 valence electrons. The van der Waals surface area contributed by atoms with Gasteiger partial charge in [0.2, 0.25) is 23.6 Å². The molecular weight excluding hydrogens is 506 g/mol. The van der Waals surface area contributed by atoms with Gasteiger partial charge in [-0.25, -0.2) is 4.79 Å². The normalized spacial score (nSPS) is 14.5. The minimum absolute atomic E-state index is 0.0196. The van der Waals surface area contributed by atoms with Gasteiger partial charge in [-0.05, 0) is 32.6 Å². The standard InChI is InChI=1S/C27H51N5O7/c1-12-18(4)24(19(38-11)15-20(33)28-8)32(10)22(35)16-30-25(36)23(17(2)3)31(9)21(34)13-14-29-26(37)39-27(5,6)7/h17-19,23-24H,12-16H2,1-11H3,(H,28,33)(H,29,37)(H,30,36)/t18-,19?,23?,24?/m0/s1. The molecule has 0 aliphatic carbocycles. The van der Waals surface area contributed by atoms with Crippen LogP contribution in [0.2, 0.25) is 0 Å². The van der Waals surface area contributed by atoms with Gasteiger partial charge in [0.25, 0.3) is 0 Å². The summed E-state index contributed by atoms with van der Waals surface area (Å²) in [6, 6.07) is -1.20. The number of carbonyl (C=O) groups excluding carboxylic acids is 5. The van der Waals surface area contributed by atoms with E-state index in [2.05, 4.69) is 16.0 Å². The quantitative estimate of drug-likeness (QED) is 0.277. The Labute approximate surface area is 233 Å². The monoisotopic (exact) mass is 557 g/mol. The van der Waals surface area contributed by atoms with Gasteiger partial charge < -0.3 is 35.2 Å². The molecule has 0 rings (SSSR count). The van der Waals surface area contributed by atoms with Crippen LogP contribution in [0.3, 0.4) is 0 Å². The van der Waals surface area contributed by atoms with Gasteiger partial charge in [-0.3, -0.25) is 19.2 Å². The van der Waals surface area contributed by atoms with Gasteiger partial charge in [0.1, 0.15) is 11.6 Å². The summed E-state index contributed by atoms with van der Waals surface area (Å²) in [7, 11) is 6.21. The van der Waals surface area contributed by atoms with Crippen LogP contribution in [0.15, 0.2) is 0 Å². The van der Waals surface area contributed by atoms with Gasteiger partial charge >= 0.3 is 6.09 Å². The number of amides is 5. The van der Waals surface area contributed by atoms with Crippen molar-refractivity contribution in [3.63, 3.8) is 0 Å². The van der Waals surface area contributed by atoms with E-state index >= 15 is 0 Å². The summed E-state index contributed by atoms with van der Waals surface area (Å²) >= 11 is 0. The van der Waals surface area contributed by atoms with Crippen LogP contribution in [0.4, 0.5) is 4.79 Å². The Morgan fingerprint density at radius 3 is 1.97 bits per heavy atom. The molecule has 0 aliphatic rings. The largest absolute Gasteiger partial charge is 0.444 e. The fraction of sp³-hybridized carbons (Fsp3) is 0.815. The lowest BCUT2D eigenvalue weighted by Gasteiger charge is -2.38. The number of likely N-dealkylation sites (N-methyl/N-ethyl adjacent to an activating group) is 2. The van der Waals surface area contributed by atoms with E-state index in [-0.39, 0.29) is 61.5 Å². The van der Waals surface area contributed by atoms with E-state index in [1.54, 1.807) is 34.9 Å². The molecular formula is C27H51N5O7. The summed E-state index contributed by atoms with van der Waals surface area (Å²) in [5, 5.41) is 7.78. The van der Waals surface area contributed by atoms with E-state index in [9.17, 15) is 24.0 Å². The van der Waals surface area contributed by atoms with Crippen LogP contribution in [0.25, 0.3) is 0 Å². The van der Waals surface area contributed by atoms with E-state index in [0.717, 1.165) is 6.42 Å². The third-order valence-corrected chi connectivity index (χ3v) is 6.55. The molecule has 0 saturated heterocycles. The Hall–Kier alpha value is -2.89. The van der Waals surface area contributed by atoms with Gasteiger partial charge in [-0.2, -0.15) is 0 Å². The molecule has 0 bridgehead atoms. The Morgan fingerprint density at radius 1 is 0.923 bits per heavy atom. The molecule has 5 amide bonds. The van der Waals surface area contributed by atoms with E-state index in [4.69, 9.17) is 9.47 Å². The van der Waals surface area contributed by atoms with Crippen LogP contribution < -0.4 is 16.0 Å². The summed E-state index contributed by atoms with van der Waals surface area (Å²) in [4.78, 5) is 65.6. The third-order valence-electron chi connectivity index (χ3n) is 6.55. The Morgan fingerprint density at radius 2 is 1.51 bits per heavy atom. The first-order chi connectivity index (χ1) is 18.0. The highest BCUT2D eigenvalue weighted by Crippen LogP contribution is 2.21. The van der Waals surface area contributed by atoms with Crippen molar-refractivity contribution < 1.29 is 33.4 Å². The summed E-state index contributed by atoms with van der Waals surface area (Å²) < 4.78 is 10.7. The number of methoxy groups -OCH3 is 1. The lowest BCUT2D eigenvalue weighted by molar-refractivity contribution is -0.143. The zero-order chi connectivity index (χ0) is 30.5.